The number of likely N-dealkylation sites (tertiary alicyclic amines) is 1. The molecule has 0 saturated carbocycles. The minimum absolute atomic E-state index is 0.101. The second kappa shape index (κ2) is 8.17. The van der Waals surface area contributed by atoms with Gasteiger partial charge in [-0.15, -0.1) is 0 Å². The number of carbonyl (C=O) groups excluding carboxylic acids is 1. The van der Waals surface area contributed by atoms with E-state index in [1.165, 1.54) is 5.56 Å². The second-order valence-electron chi connectivity index (χ2n) is 6.85. The first-order valence-electron chi connectivity index (χ1n) is 8.96. The molecule has 3 rings (SSSR count). The summed E-state index contributed by atoms with van der Waals surface area (Å²) in [7, 11) is 0. The van der Waals surface area contributed by atoms with Crippen molar-refractivity contribution in [3.05, 3.63) is 65.2 Å². The Morgan fingerprint density at radius 3 is 2.80 bits per heavy atom. The third kappa shape index (κ3) is 4.60. The zero-order valence-electron chi connectivity index (χ0n) is 14.7. The fraction of sp³-hybridized carbons (Fsp3) is 0.381. The number of phenols is 1. The Morgan fingerprint density at radius 1 is 1.20 bits per heavy atom. The number of nitrogens with one attached hydrogen (secondary N) is 1. The van der Waals surface area contributed by atoms with Crippen molar-refractivity contribution in [2.24, 2.45) is 5.92 Å². The van der Waals surface area contributed by atoms with Crippen LogP contribution in [0.15, 0.2) is 48.5 Å². The standard InChI is InChI=1S/C21H26N2O2/c1-16-19(8-5-9-20(16)24)21(25)22-14-18-11-13-23(15-18)12-10-17-6-3-2-4-7-17/h2-9,18,24H,10-15H2,1H3,(H,22,25)/t18-/m1/s1. The quantitative estimate of drug-likeness (QED) is 0.851. The Balaban J connectivity index is 1.44. The summed E-state index contributed by atoms with van der Waals surface area (Å²) in [6.07, 6.45) is 2.19. The summed E-state index contributed by atoms with van der Waals surface area (Å²) < 4.78 is 0. The van der Waals surface area contributed by atoms with Crippen molar-refractivity contribution in [3.63, 3.8) is 0 Å². The van der Waals surface area contributed by atoms with Crippen LogP contribution in [0.25, 0.3) is 0 Å². The van der Waals surface area contributed by atoms with E-state index in [-0.39, 0.29) is 11.7 Å². The first kappa shape index (κ1) is 17.5. The van der Waals surface area contributed by atoms with Crippen molar-refractivity contribution in [2.45, 2.75) is 19.8 Å². The first-order chi connectivity index (χ1) is 12.1. The smallest absolute Gasteiger partial charge is 0.251 e. The molecule has 1 aliphatic heterocycles. The minimum Gasteiger partial charge on any atom is -0.508 e. The Morgan fingerprint density at radius 2 is 2.00 bits per heavy atom. The number of nitrogens with zero attached hydrogens (tertiary/aromatic N) is 1. The molecule has 1 fully saturated rings. The predicted octanol–water partition coefficient (Wildman–Crippen LogP) is 3.00. The van der Waals surface area contributed by atoms with Crippen molar-refractivity contribution < 1.29 is 9.90 Å². The number of phenolic OH excluding ortho intramolecular Hbond substituents is 1. The van der Waals surface area contributed by atoms with Gasteiger partial charge in [-0.25, -0.2) is 0 Å². The zero-order chi connectivity index (χ0) is 17.6. The molecule has 0 spiro atoms. The molecule has 1 saturated heterocycles. The number of aromatic hydroxyl groups is 1. The van der Waals surface area contributed by atoms with Gasteiger partial charge in [0.2, 0.25) is 0 Å². The van der Waals surface area contributed by atoms with Crippen LogP contribution >= 0.6 is 0 Å². The molecule has 1 aliphatic rings. The van der Waals surface area contributed by atoms with Crippen LogP contribution in [0.4, 0.5) is 0 Å². The van der Waals surface area contributed by atoms with Gasteiger partial charge in [-0.05, 0) is 49.9 Å². The number of amides is 1. The molecule has 25 heavy (non-hydrogen) atoms. The highest BCUT2D eigenvalue weighted by molar-refractivity contribution is 5.96. The molecule has 0 unspecified atom stereocenters. The predicted molar refractivity (Wildman–Crippen MR) is 99.9 cm³/mol. The summed E-state index contributed by atoms with van der Waals surface area (Å²) in [5.41, 5.74) is 2.56. The van der Waals surface area contributed by atoms with E-state index < -0.39 is 0 Å². The molecular formula is C21H26N2O2. The van der Waals surface area contributed by atoms with E-state index in [4.69, 9.17) is 0 Å². The summed E-state index contributed by atoms with van der Waals surface area (Å²) in [6, 6.07) is 15.6. The third-order valence-corrected chi connectivity index (χ3v) is 5.03. The van der Waals surface area contributed by atoms with E-state index in [1.807, 2.05) is 6.07 Å². The van der Waals surface area contributed by atoms with Crippen LogP contribution in [0.1, 0.15) is 27.9 Å². The molecule has 2 aromatic carbocycles. The number of hydrogen-bond acceptors (Lipinski definition) is 3. The number of hydrogen-bond donors (Lipinski definition) is 2. The Bertz CT molecular complexity index is 715. The zero-order valence-corrected chi connectivity index (χ0v) is 14.7. The van der Waals surface area contributed by atoms with Crippen LogP contribution in [0, 0.1) is 12.8 Å². The molecule has 2 N–H and O–H groups in total. The third-order valence-electron chi connectivity index (χ3n) is 5.03. The van der Waals surface area contributed by atoms with Gasteiger partial charge in [0.15, 0.2) is 0 Å². The monoisotopic (exact) mass is 338 g/mol. The molecule has 0 aromatic heterocycles. The lowest BCUT2D eigenvalue weighted by atomic mass is 10.1. The van der Waals surface area contributed by atoms with Gasteiger partial charge in [0.25, 0.3) is 5.91 Å². The Kier molecular flexibility index (Phi) is 5.71. The summed E-state index contributed by atoms with van der Waals surface area (Å²) in [5, 5.41) is 12.8. The summed E-state index contributed by atoms with van der Waals surface area (Å²) in [4.78, 5) is 14.8. The SMILES string of the molecule is Cc1c(O)cccc1C(=O)NC[C@H]1CCN(CCc2ccccc2)C1. The normalized spacial score (nSPS) is 17.6. The molecule has 1 atom stereocenters. The van der Waals surface area contributed by atoms with E-state index >= 15 is 0 Å². The molecule has 2 aromatic rings. The van der Waals surface area contributed by atoms with E-state index in [9.17, 15) is 9.90 Å². The number of benzene rings is 2. The summed E-state index contributed by atoms with van der Waals surface area (Å²) in [5.74, 6) is 0.564. The van der Waals surface area contributed by atoms with Crippen molar-refractivity contribution in [3.8, 4) is 5.75 Å². The van der Waals surface area contributed by atoms with Gasteiger partial charge in [-0.3, -0.25) is 4.79 Å². The van der Waals surface area contributed by atoms with Gasteiger partial charge in [0.1, 0.15) is 5.75 Å². The fourth-order valence-corrected chi connectivity index (χ4v) is 3.42. The maximum absolute atomic E-state index is 12.3. The largest absolute Gasteiger partial charge is 0.508 e. The molecule has 4 nitrogen and oxygen atoms in total. The van der Waals surface area contributed by atoms with Crippen molar-refractivity contribution in [1.29, 1.82) is 0 Å². The molecule has 1 amide bonds. The van der Waals surface area contributed by atoms with Crippen LogP contribution in [-0.2, 0) is 6.42 Å². The topological polar surface area (TPSA) is 52.6 Å². The van der Waals surface area contributed by atoms with Crippen LogP contribution in [0.2, 0.25) is 0 Å². The Labute approximate surface area is 149 Å². The van der Waals surface area contributed by atoms with Crippen LogP contribution < -0.4 is 5.32 Å². The highest BCUT2D eigenvalue weighted by atomic mass is 16.3. The average Bonchev–Trinajstić information content (AvgIpc) is 3.09. The molecule has 0 radical (unpaired) electrons. The fourth-order valence-electron chi connectivity index (χ4n) is 3.42. The van der Waals surface area contributed by atoms with Gasteiger partial charge in [0.05, 0.1) is 0 Å². The highest BCUT2D eigenvalue weighted by Gasteiger charge is 2.23. The second-order valence-corrected chi connectivity index (χ2v) is 6.85. The van der Waals surface area contributed by atoms with Gasteiger partial charge in [-0.1, -0.05) is 36.4 Å². The summed E-state index contributed by atoms with van der Waals surface area (Å²) in [6.45, 7) is 5.66. The molecule has 1 heterocycles. The van der Waals surface area contributed by atoms with Gasteiger partial charge >= 0.3 is 0 Å². The van der Waals surface area contributed by atoms with Crippen LogP contribution in [0.3, 0.4) is 0 Å². The van der Waals surface area contributed by atoms with Crippen molar-refractivity contribution in [1.82, 2.24) is 10.2 Å². The van der Waals surface area contributed by atoms with Crippen LogP contribution in [0.5, 0.6) is 5.75 Å². The summed E-state index contributed by atoms with van der Waals surface area (Å²) >= 11 is 0. The molecular weight excluding hydrogens is 312 g/mol. The number of rotatable bonds is 6. The van der Waals surface area contributed by atoms with E-state index in [2.05, 4.69) is 34.5 Å². The molecule has 0 bridgehead atoms. The van der Waals surface area contributed by atoms with Gasteiger partial charge in [-0.2, -0.15) is 0 Å². The molecule has 0 aliphatic carbocycles. The lowest BCUT2D eigenvalue weighted by Crippen LogP contribution is -2.31. The van der Waals surface area contributed by atoms with Crippen molar-refractivity contribution >= 4 is 5.91 Å². The Hall–Kier alpha value is -2.33. The maximum Gasteiger partial charge on any atom is 0.251 e. The number of carbonyl (C=O) groups is 1. The van der Waals surface area contributed by atoms with E-state index in [0.717, 1.165) is 32.5 Å². The van der Waals surface area contributed by atoms with Gasteiger partial charge < -0.3 is 15.3 Å². The lowest BCUT2D eigenvalue weighted by Gasteiger charge is -2.16. The lowest BCUT2D eigenvalue weighted by molar-refractivity contribution is 0.0946. The van der Waals surface area contributed by atoms with E-state index in [1.54, 1.807) is 25.1 Å². The van der Waals surface area contributed by atoms with Crippen molar-refractivity contribution in [2.75, 3.05) is 26.2 Å². The first-order valence-corrected chi connectivity index (χ1v) is 8.96. The molecule has 4 heteroatoms. The maximum atomic E-state index is 12.3. The minimum atomic E-state index is -0.101. The van der Waals surface area contributed by atoms with Crippen LogP contribution in [-0.4, -0.2) is 42.1 Å². The van der Waals surface area contributed by atoms with E-state index in [0.29, 0.717) is 23.6 Å². The molecule has 132 valence electrons. The highest BCUT2D eigenvalue weighted by Crippen LogP contribution is 2.20. The van der Waals surface area contributed by atoms with Gasteiger partial charge in [0, 0.05) is 30.8 Å². The average molecular weight is 338 g/mol.